The highest BCUT2D eigenvalue weighted by Gasteiger charge is 2.36. The third-order valence-corrected chi connectivity index (χ3v) is 5.87. The molecule has 0 aliphatic carbocycles. The highest BCUT2D eigenvalue weighted by atomic mass is 16.6. The van der Waals surface area contributed by atoms with Gasteiger partial charge in [-0.25, -0.2) is 0 Å². The molecule has 1 atom stereocenters. The standard InChI is InChI=1S/C20H42N3O3/c1-2-20(22(24)25)19-23(15-17-26-18-16-23)14-12-10-8-6-4-3-5-7-9-11-13-21/h20H,2-19,21H2,1H3/q+1. The fraction of sp³-hybridized carbons (Fsp3) is 1.00. The van der Waals surface area contributed by atoms with E-state index in [0.29, 0.717) is 13.0 Å². The van der Waals surface area contributed by atoms with E-state index in [-0.39, 0.29) is 4.92 Å². The van der Waals surface area contributed by atoms with Gasteiger partial charge in [0.15, 0.2) is 0 Å². The van der Waals surface area contributed by atoms with Gasteiger partial charge in [-0.05, 0) is 25.8 Å². The van der Waals surface area contributed by atoms with Crippen LogP contribution in [0.5, 0.6) is 0 Å². The zero-order valence-corrected chi connectivity index (χ0v) is 17.0. The summed E-state index contributed by atoms with van der Waals surface area (Å²) in [5.41, 5.74) is 5.51. The molecule has 1 fully saturated rings. The van der Waals surface area contributed by atoms with E-state index in [1.54, 1.807) is 0 Å². The Morgan fingerprint density at radius 3 is 1.92 bits per heavy atom. The maximum Gasteiger partial charge on any atom is 0.260 e. The molecule has 0 aromatic carbocycles. The Morgan fingerprint density at radius 2 is 1.46 bits per heavy atom. The molecule has 6 heteroatoms. The molecule has 1 unspecified atom stereocenters. The monoisotopic (exact) mass is 372 g/mol. The van der Waals surface area contributed by atoms with E-state index in [0.717, 1.165) is 43.9 Å². The fourth-order valence-electron chi connectivity index (χ4n) is 4.03. The molecule has 0 spiro atoms. The van der Waals surface area contributed by atoms with Crippen molar-refractivity contribution < 1.29 is 14.1 Å². The van der Waals surface area contributed by atoms with E-state index in [9.17, 15) is 10.1 Å². The van der Waals surface area contributed by atoms with E-state index in [1.165, 1.54) is 64.2 Å². The average Bonchev–Trinajstić information content (AvgIpc) is 2.65. The molecule has 0 saturated carbocycles. The van der Waals surface area contributed by atoms with Gasteiger partial charge in [-0.2, -0.15) is 0 Å². The molecule has 1 saturated heterocycles. The smallest absolute Gasteiger partial charge is 0.260 e. The topological polar surface area (TPSA) is 78.4 Å². The molecule has 1 aliphatic rings. The van der Waals surface area contributed by atoms with Crippen molar-refractivity contribution in [2.24, 2.45) is 5.73 Å². The molecule has 1 heterocycles. The minimum atomic E-state index is -0.410. The van der Waals surface area contributed by atoms with Crippen LogP contribution in [-0.2, 0) is 4.74 Å². The zero-order chi connectivity index (χ0) is 19.1. The lowest BCUT2D eigenvalue weighted by atomic mass is 10.1. The molecule has 2 N–H and O–H groups in total. The Kier molecular flexibility index (Phi) is 12.9. The number of unbranched alkanes of at least 4 members (excludes halogenated alkanes) is 9. The summed E-state index contributed by atoms with van der Waals surface area (Å²) in [4.78, 5) is 11.2. The number of nitrogens with two attached hydrogens (primary N) is 1. The van der Waals surface area contributed by atoms with Gasteiger partial charge in [0.25, 0.3) is 6.04 Å². The minimum absolute atomic E-state index is 0.0804. The predicted octanol–water partition coefficient (Wildman–Crippen LogP) is 3.75. The van der Waals surface area contributed by atoms with E-state index in [2.05, 4.69) is 0 Å². The second-order valence-electron chi connectivity index (χ2n) is 7.98. The molecule has 0 amide bonds. The molecule has 1 rings (SSSR count). The van der Waals surface area contributed by atoms with Crippen molar-refractivity contribution in [3.63, 3.8) is 0 Å². The van der Waals surface area contributed by atoms with Gasteiger partial charge in [-0.3, -0.25) is 10.1 Å². The summed E-state index contributed by atoms with van der Waals surface area (Å²) in [5, 5.41) is 11.3. The summed E-state index contributed by atoms with van der Waals surface area (Å²) in [7, 11) is 0. The van der Waals surface area contributed by atoms with Gasteiger partial charge in [0, 0.05) is 11.3 Å². The van der Waals surface area contributed by atoms with Gasteiger partial charge >= 0.3 is 0 Å². The van der Waals surface area contributed by atoms with E-state index in [4.69, 9.17) is 10.5 Å². The van der Waals surface area contributed by atoms with Crippen molar-refractivity contribution in [2.45, 2.75) is 83.6 Å². The Morgan fingerprint density at radius 1 is 0.962 bits per heavy atom. The Labute approximate surface area is 160 Å². The molecule has 0 aromatic heterocycles. The van der Waals surface area contributed by atoms with Crippen molar-refractivity contribution >= 4 is 0 Å². The van der Waals surface area contributed by atoms with Crippen molar-refractivity contribution in [3.05, 3.63) is 10.1 Å². The Bertz CT molecular complexity index is 360. The first-order valence-electron chi connectivity index (χ1n) is 10.9. The van der Waals surface area contributed by atoms with Crippen LogP contribution < -0.4 is 5.73 Å². The normalized spacial score (nSPS) is 17.9. The molecule has 26 heavy (non-hydrogen) atoms. The maximum absolute atomic E-state index is 11.3. The van der Waals surface area contributed by atoms with Gasteiger partial charge in [0.2, 0.25) is 0 Å². The number of nitro groups is 1. The molecule has 0 radical (unpaired) electrons. The number of nitrogens with zero attached hydrogens (tertiary/aromatic N) is 2. The Balaban J connectivity index is 2.17. The van der Waals surface area contributed by atoms with E-state index >= 15 is 0 Å². The second kappa shape index (κ2) is 14.4. The summed E-state index contributed by atoms with van der Waals surface area (Å²) in [6.07, 6.45) is 13.5. The molecular weight excluding hydrogens is 330 g/mol. The third kappa shape index (κ3) is 9.83. The van der Waals surface area contributed by atoms with Crippen LogP contribution in [0, 0.1) is 10.1 Å². The molecule has 0 aromatic rings. The zero-order valence-electron chi connectivity index (χ0n) is 17.0. The van der Waals surface area contributed by atoms with Gasteiger partial charge in [-0.15, -0.1) is 0 Å². The first-order valence-corrected chi connectivity index (χ1v) is 10.9. The minimum Gasteiger partial charge on any atom is -0.370 e. The summed E-state index contributed by atoms with van der Waals surface area (Å²) < 4.78 is 6.40. The SMILES string of the molecule is CCC(C[N+]1(CCCCCCCCCCCCN)CCOCC1)[N+](=O)[O-]. The van der Waals surface area contributed by atoms with Crippen molar-refractivity contribution in [1.82, 2.24) is 0 Å². The lowest BCUT2D eigenvalue weighted by Crippen LogP contribution is -2.59. The first-order chi connectivity index (χ1) is 12.6. The van der Waals surface area contributed by atoms with Crippen LogP contribution >= 0.6 is 0 Å². The highest BCUT2D eigenvalue weighted by Crippen LogP contribution is 2.18. The van der Waals surface area contributed by atoms with Crippen molar-refractivity contribution in [3.8, 4) is 0 Å². The summed E-state index contributed by atoms with van der Waals surface area (Å²) in [5.74, 6) is 0. The first kappa shape index (κ1) is 23.3. The second-order valence-corrected chi connectivity index (χ2v) is 7.98. The fourth-order valence-corrected chi connectivity index (χ4v) is 4.03. The van der Waals surface area contributed by atoms with Crippen molar-refractivity contribution in [2.75, 3.05) is 45.9 Å². The van der Waals surface area contributed by atoms with Gasteiger partial charge < -0.3 is 15.0 Å². The number of ether oxygens (including phenoxy) is 1. The quantitative estimate of drug-likeness (QED) is 0.194. The van der Waals surface area contributed by atoms with Crippen LogP contribution in [0.4, 0.5) is 0 Å². The molecule has 1 aliphatic heterocycles. The summed E-state index contributed by atoms with van der Waals surface area (Å²) in [6.45, 7) is 7.88. The Hall–Kier alpha value is -0.720. The molecule has 0 bridgehead atoms. The van der Waals surface area contributed by atoms with Gasteiger partial charge in [0.05, 0.1) is 19.8 Å². The van der Waals surface area contributed by atoms with E-state index in [1.807, 2.05) is 6.92 Å². The van der Waals surface area contributed by atoms with Crippen molar-refractivity contribution in [1.29, 1.82) is 0 Å². The van der Waals surface area contributed by atoms with Crippen LogP contribution in [0.3, 0.4) is 0 Å². The predicted molar refractivity (Wildman–Crippen MR) is 107 cm³/mol. The molecule has 6 nitrogen and oxygen atoms in total. The van der Waals surface area contributed by atoms with Crippen LogP contribution in [-0.4, -0.2) is 61.4 Å². The number of hydrogen-bond acceptors (Lipinski definition) is 4. The van der Waals surface area contributed by atoms with Gasteiger partial charge in [-0.1, -0.05) is 51.9 Å². The number of rotatable bonds is 16. The average molecular weight is 373 g/mol. The largest absolute Gasteiger partial charge is 0.370 e. The summed E-state index contributed by atoms with van der Waals surface area (Å²) >= 11 is 0. The number of morpholine rings is 1. The third-order valence-electron chi connectivity index (χ3n) is 5.87. The number of hydrogen-bond donors (Lipinski definition) is 1. The van der Waals surface area contributed by atoms with E-state index < -0.39 is 6.04 Å². The van der Waals surface area contributed by atoms with Crippen LogP contribution in [0.1, 0.15) is 77.6 Å². The lowest BCUT2D eigenvalue weighted by Gasteiger charge is -2.41. The van der Waals surface area contributed by atoms with Gasteiger partial charge in [0.1, 0.15) is 19.6 Å². The highest BCUT2D eigenvalue weighted by molar-refractivity contribution is 4.59. The maximum atomic E-state index is 11.3. The summed E-state index contributed by atoms with van der Waals surface area (Å²) in [6, 6.07) is -0.410. The number of quaternary nitrogens is 1. The molecule has 154 valence electrons. The van der Waals surface area contributed by atoms with Crippen LogP contribution in [0.15, 0.2) is 0 Å². The molecular formula is C20H42N3O3+. The lowest BCUT2D eigenvalue weighted by molar-refractivity contribution is -0.944. The van der Waals surface area contributed by atoms with Crippen LogP contribution in [0.25, 0.3) is 0 Å². The van der Waals surface area contributed by atoms with Crippen LogP contribution in [0.2, 0.25) is 0 Å².